The average molecular weight is 263 g/mol. The fourth-order valence-electron chi connectivity index (χ4n) is 3.03. The first-order valence-corrected chi connectivity index (χ1v) is 7.19. The molecule has 0 radical (unpaired) electrons. The summed E-state index contributed by atoms with van der Waals surface area (Å²) in [5.41, 5.74) is 0.937. The van der Waals surface area contributed by atoms with Crippen molar-refractivity contribution in [1.82, 2.24) is 5.32 Å². The van der Waals surface area contributed by atoms with E-state index in [9.17, 15) is 5.11 Å². The van der Waals surface area contributed by atoms with Crippen molar-refractivity contribution in [3.63, 3.8) is 0 Å². The van der Waals surface area contributed by atoms with E-state index in [1.165, 1.54) is 19.3 Å². The summed E-state index contributed by atoms with van der Waals surface area (Å²) >= 11 is 0. The minimum absolute atomic E-state index is 0.309. The van der Waals surface area contributed by atoms with E-state index in [-0.39, 0.29) is 0 Å². The van der Waals surface area contributed by atoms with Gasteiger partial charge in [-0.05, 0) is 37.2 Å². The van der Waals surface area contributed by atoms with E-state index < -0.39 is 0 Å². The highest BCUT2D eigenvalue weighted by Gasteiger charge is 2.24. The minimum atomic E-state index is 0.309. The van der Waals surface area contributed by atoms with Crippen molar-refractivity contribution >= 4 is 0 Å². The van der Waals surface area contributed by atoms with E-state index in [1.54, 1.807) is 13.2 Å². The third-order valence-electron chi connectivity index (χ3n) is 4.28. The Morgan fingerprint density at radius 3 is 2.74 bits per heavy atom. The molecule has 1 aromatic carbocycles. The van der Waals surface area contributed by atoms with Crippen LogP contribution in [0.4, 0.5) is 0 Å². The van der Waals surface area contributed by atoms with Crippen LogP contribution in [-0.4, -0.2) is 18.3 Å². The fraction of sp³-hybridized carbons (Fsp3) is 0.625. The molecular formula is C16H25NO2. The maximum Gasteiger partial charge on any atom is 0.123 e. The van der Waals surface area contributed by atoms with Gasteiger partial charge in [0.1, 0.15) is 11.5 Å². The van der Waals surface area contributed by atoms with Gasteiger partial charge in [-0.15, -0.1) is 0 Å². The summed E-state index contributed by atoms with van der Waals surface area (Å²) in [4.78, 5) is 0. The Morgan fingerprint density at radius 1 is 1.32 bits per heavy atom. The molecule has 3 atom stereocenters. The molecule has 0 aliphatic heterocycles. The van der Waals surface area contributed by atoms with Gasteiger partial charge in [-0.3, -0.25) is 0 Å². The molecule has 3 heteroatoms. The zero-order chi connectivity index (χ0) is 13.8. The number of nitrogens with one attached hydrogen (secondary N) is 1. The minimum Gasteiger partial charge on any atom is -0.507 e. The third kappa shape index (κ3) is 3.63. The second-order valence-corrected chi connectivity index (χ2v) is 5.88. The molecule has 1 saturated carbocycles. The number of ether oxygens (including phenoxy) is 1. The Bertz CT molecular complexity index is 419. The molecule has 0 aromatic heterocycles. The van der Waals surface area contributed by atoms with E-state index in [0.29, 0.717) is 23.5 Å². The molecule has 1 aromatic rings. The van der Waals surface area contributed by atoms with Gasteiger partial charge in [-0.2, -0.15) is 0 Å². The smallest absolute Gasteiger partial charge is 0.123 e. The lowest BCUT2D eigenvalue weighted by Gasteiger charge is -2.33. The lowest BCUT2D eigenvalue weighted by molar-refractivity contribution is 0.226. The number of phenols is 1. The van der Waals surface area contributed by atoms with Crippen LogP contribution in [0, 0.1) is 11.8 Å². The molecule has 106 valence electrons. The third-order valence-corrected chi connectivity index (χ3v) is 4.28. The molecule has 1 aliphatic carbocycles. The summed E-state index contributed by atoms with van der Waals surface area (Å²) in [6, 6.07) is 6.06. The predicted molar refractivity (Wildman–Crippen MR) is 77.5 cm³/mol. The first kappa shape index (κ1) is 14.2. The maximum atomic E-state index is 9.94. The molecule has 19 heavy (non-hydrogen) atoms. The lowest BCUT2D eigenvalue weighted by atomic mass is 9.80. The highest BCUT2D eigenvalue weighted by molar-refractivity contribution is 5.39. The first-order chi connectivity index (χ1) is 9.10. The summed E-state index contributed by atoms with van der Waals surface area (Å²) < 4.78 is 5.09. The molecule has 3 unspecified atom stereocenters. The lowest BCUT2D eigenvalue weighted by Crippen LogP contribution is -2.38. The number of methoxy groups -OCH3 is 1. The van der Waals surface area contributed by atoms with E-state index >= 15 is 0 Å². The number of aromatic hydroxyl groups is 1. The predicted octanol–water partition coefficient (Wildman–Crippen LogP) is 3.32. The Morgan fingerprint density at radius 2 is 2.11 bits per heavy atom. The van der Waals surface area contributed by atoms with Crippen LogP contribution in [0.2, 0.25) is 0 Å². The molecule has 0 spiro atoms. The van der Waals surface area contributed by atoms with Gasteiger partial charge >= 0.3 is 0 Å². The first-order valence-electron chi connectivity index (χ1n) is 7.19. The summed E-state index contributed by atoms with van der Waals surface area (Å²) in [5, 5.41) is 13.5. The van der Waals surface area contributed by atoms with E-state index in [0.717, 1.165) is 18.0 Å². The molecular weight excluding hydrogens is 238 g/mol. The fourth-order valence-corrected chi connectivity index (χ4v) is 3.03. The van der Waals surface area contributed by atoms with E-state index in [2.05, 4.69) is 19.2 Å². The van der Waals surface area contributed by atoms with Crippen LogP contribution < -0.4 is 10.1 Å². The van der Waals surface area contributed by atoms with Crippen molar-refractivity contribution in [3.8, 4) is 11.5 Å². The molecule has 0 saturated heterocycles. The average Bonchev–Trinajstić information content (AvgIpc) is 2.39. The molecule has 2 rings (SSSR count). The van der Waals surface area contributed by atoms with Crippen molar-refractivity contribution in [2.24, 2.45) is 11.8 Å². The molecule has 2 N–H and O–H groups in total. The largest absolute Gasteiger partial charge is 0.507 e. The van der Waals surface area contributed by atoms with Gasteiger partial charge in [0.05, 0.1) is 7.11 Å². The van der Waals surface area contributed by atoms with Gasteiger partial charge in [0.25, 0.3) is 0 Å². The Balaban J connectivity index is 1.91. The van der Waals surface area contributed by atoms with Gasteiger partial charge in [-0.25, -0.2) is 0 Å². The normalized spacial score (nSPS) is 27.2. The monoisotopic (exact) mass is 263 g/mol. The zero-order valence-electron chi connectivity index (χ0n) is 12.1. The van der Waals surface area contributed by atoms with Crippen molar-refractivity contribution in [1.29, 1.82) is 0 Å². The van der Waals surface area contributed by atoms with Crippen LogP contribution in [0.5, 0.6) is 11.5 Å². The van der Waals surface area contributed by atoms with Crippen molar-refractivity contribution in [2.75, 3.05) is 7.11 Å². The van der Waals surface area contributed by atoms with Crippen LogP contribution in [0.15, 0.2) is 18.2 Å². The Hall–Kier alpha value is -1.22. The molecule has 1 fully saturated rings. The summed E-state index contributed by atoms with van der Waals surface area (Å²) in [7, 11) is 1.61. The number of benzene rings is 1. The summed E-state index contributed by atoms with van der Waals surface area (Å²) in [5.74, 6) is 2.57. The van der Waals surface area contributed by atoms with Gasteiger partial charge < -0.3 is 15.2 Å². The van der Waals surface area contributed by atoms with Crippen LogP contribution in [0.3, 0.4) is 0 Å². The van der Waals surface area contributed by atoms with Gasteiger partial charge in [0.15, 0.2) is 0 Å². The van der Waals surface area contributed by atoms with Crippen LogP contribution in [-0.2, 0) is 6.54 Å². The van der Waals surface area contributed by atoms with Crippen LogP contribution in [0.1, 0.15) is 38.7 Å². The summed E-state index contributed by atoms with van der Waals surface area (Å²) in [6.45, 7) is 5.38. The second kappa shape index (κ2) is 6.29. The second-order valence-electron chi connectivity index (χ2n) is 5.88. The summed E-state index contributed by atoms with van der Waals surface area (Å²) in [6.07, 6.45) is 3.84. The standard InChI is InChI=1S/C16H25NO2/c1-11-4-7-15(12(2)8-11)17-10-13-5-6-14(19-3)9-16(13)18/h5-6,9,11-12,15,17-18H,4,7-8,10H2,1-3H3. The maximum absolute atomic E-state index is 9.94. The number of rotatable bonds is 4. The van der Waals surface area contributed by atoms with Crippen LogP contribution >= 0.6 is 0 Å². The highest BCUT2D eigenvalue weighted by Crippen LogP contribution is 2.29. The SMILES string of the molecule is COc1ccc(CNC2CCC(C)CC2C)c(O)c1. The van der Waals surface area contributed by atoms with Gasteiger partial charge in [0, 0.05) is 24.2 Å². The molecule has 3 nitrogen and oxygen atoms in total. The Labute approximate surface area is 116 Å². The molecule has 1 aliphatic rings. The van der Waals surface area contributed by atoms with Crippen molar-refractivity contribution in [2.45, 2.75) is 45.7 Å². The number of hydrogen-bond acceptors (Lipinski definition) is 3. The van der Waals surface area contributed by atoms with Crippen molar-refractivity contribution < 1.29 is 9.84 Å². The number of hydrogen-bond donors (Lipinski definition) is 2. The zero-order valence-corrected chi connectivity index (χ0v) is 12.1. The quantitative estimate of drug-likeness (QED) is 0.875. The molecule has 0 bridgehead atoms. The Kier molecular flexibility index (Phi) is 4.70. The molecule has 0 heterocycles. The van der Waals surface area contributed by atoms with E-state index in [4.69, 9.17) is 4.74 Å². The topological polar surface area (TPSA) is 41.5 Å². The van der Waals surface area contributed by atoms with Gasteiger partial charge in [-0.1, -0.05) is 19.9 Å². The van der Waals surface area contributed by atoms with Gasteiger partial charge in [0.2, 0.25) is 0 Å². The molecule has 0 amide bonds. The van der Waals surface area contributed by atoms with Crippen molar-refractivity contribution in [3.05, 3.63) is 23.8 Å². The van der Waals surface area contributed by atoms with E-state index in [1.807, 2.05) is 12.1 Å². The highest BCUT2D eigenvalue weighted by atomic mass is 16.5. The number of phenolic OH excluding ortho intramolecular Hbond substituents is 1. The van der Waals surface area contributed by atoms with Crippen LogP contribution in [0.25, 0.3) is 0 Å².